The number of nitrogens with zero attached hydrogens (tertiary/aromatic N) is 4. The number of aromatic nitrogens is 3. The Kier molecular flexibility index (Phi) is 4.37. The number of benzene rings is 2. The first-order valence-electron chi connectivity index (χ1n) is 8.69. The number of carbonyl (C=O) groups is 1. The molecule has 136 valence electrons. The molecule has 0 bridgehead atoms. The summed E-state index contributed by atoms with van der Waals surface area (Å²) in [5.74, 6) is -0.373. The van der Waals surface area contributed by atoms with Crippen molar-refractivity contribution in [1.29, 1.82) is 0 Å². The lowest BCUT2D eigenvalue weighted by Crippen LogP contribution is -2.16. The number of hydrogen-bond acceptors (Lipinski definition) is 5. The van der Waals surface area contributed by atoms with E-state index in [1.165, 1.54) is 35.0 Å². The Balaban J connectivity index is 1.65. The van der Waals surface area contributed by atoms with Gasteiger partial charge in [-0.05, 0) is 55.0 Å². The maximum absolute atomic E-state index is 12.7. The minimum atomic E-state index is -0.530. The van der Waals surface area contributed by atoms with Gasteiger partial charge < -0.3 is 5.32 Å². The Morgan fingerprint density at radius 1 is 1.19 bits per heavy atom. The summed E-state index contributed by atoms with van der Waals surface area (Å²) in [6.45, 7) is 0. The third kappa shape index (κ3) is 3.29. The fraction of sp³-hybridized carbons (Fsp3) is 0.211. The highest BCUT2D eigenvalue weighted by atomic mass is 16.6. The van der Waals surface area contributed by atoms with Crippen LogP contribution in [-0.4, -0.2) is 25.6 Å². The third-order valence-corrected chi connectivity index (χ3v) is 4.74. The van der Waals surface area contributed by atoms with Crippen molar-refractivity contribution in [2.75, 3.05) is 5.32 Å². The first kappa shape index (κ1) is 16.9. The zero-order valence-electron chi connectivity index (χ0n) is 14.5. The van der Waals surface area contributed by atoms with E-state index in [2.05, 4.69) is 21.5 Å². The van der Waals surface area contributed by atoms with E-state index in [0.717, 1.165) is 36.9 Å². The van der Waals surface area contributed by atoms with Crippen molar-refractivity contribution >= 4 is 17.3 Å². The maximum atomic E-state index is 12.7. The van der Waals surface area contributed by atoms with Crippen LogP contribution in [0.15, 0.2) is 49.1 Å². The summed E-state index contributed by atoms with van der Waals surface area (Å²) in [6.07, 6.45) is 6.85. The molecular formula is C19H17N5O3. The number of aryl methyl sites for hydroxylation is 1. The largest absolute Gasteiger partial charge is 0.322 e. The summed E-state index contributed by atoms with van der Waals surface area (Å²) < 4.78 is 1.30. The van der Waals surface area contributed by atoms with E-state index in [4.69, 9.17) is 0 Å². The van der Waals surface area contributed by atoms with Crippen LogP contribution in [0.2, 0.25) is 0 Å². The molecule has 1 aromatic heterocycles. The van der Waals surface area contributed by atoms with Gasteiger partial charge in [0.1, 0.15) is 18.3 Å². The Morgan fingerprint density at radius 3 is 2.81 bits per heavy atom. The van der Waals surface area contributed by atoms with Gasteiger partial charge in [0.2, 0.25) is 0 Å². The number of carbonyl (C=O) groups excluding carboxylic acids is 1. The van der Waals surface area contributed by atoms with Gasteiger partial charge in [-0.2, -0.15) is 5.10 Å². The molecule has 1 N–H and O–H groups in total. The number of fused-ring (bicyclic) bond motifs is 1. The summed E-state index contributed by atoms with van der Waals surface area (Å²) in [7, 11) is 0. The van der Waals surface area contributed by atoms with Crippen LogP contribution >= 0.6 is 0 Å². The molecule has 8 nitrogen and oxygen atoms in total. The molecule has 1 aliphatic carbocycles. The number of nitrogens with one attached hydrogen (secondary N) is 1. The Hall–Kier alpha value is -3.55. The van der Waals surface area contributed by atoms with Gasteiger partial charge in [0.05, 0.1) is 4.92 Å². The average Bonchev–Trinajstić information content (AvgIpc) is 3.22. The van der Waals surface area contributed by atoms with E-state index >= 15 is 0 Å². The molecule has 0 aliphatic heterocycles. The first-order valence-corrected chi connectivity index (χ1v) is 8.69. The molecule has 0 spiro atoms. The first-order chi connectivity index (χ1) is 13.1. The van der Waals surface area contributed by atoms with Crippen LogP contribution in [0.4, 0.5) is 11.4 Å². The lowest BCUT2D eigenvalue weighted by molar-refractivity contribution is -0.384. The van der Waals surface area contributed by atoms with Gasteiger partial charge in [-0.15, -0.1) is 0 Å². The van der Waals surface area contributed by atoms with Crippen LogP contribution in [-0.2, 0) is 12.8 Å². The molecule has 1 heterocycles. The van der Waals surface area contributed by atoms with Crippen LogP contribution in [0.3, 0.4) is 0 Å². The second-order valence-corrected chi connectivity index (χ2v) is 6.41. The molecule has 0 radical (unpaired) electrons. The molecular weight excluding hydrogens is 346 g/mol. The van der Waals surface area contributed by atoms with Crippen LogP contribution in [0.25, 0.3) is 5.69 Å². The van der Waals surface area contributed by atoms with Crippen molar-refractivity contribution in [3.05, 3.63) is 75.9 Å². The molecule has 2 aromatic carbocycles. The van der Waals surface area contributed by atoms with Crippen molar-refractivity contribution in [1.82, 2.24) is 14.8 Å². The molecule has 1 amide bonds. The maximum Gasteiger partial charge on any atom is 0.295 e. The highest BCUT2D eigenvalue weighted by Gasteiger charge is 2.20. The van der Waals surface area contributed by atoms with Crippen molar-refractivity contribution in [2.45, 2.75) is 25.7 Å². The molecule has 0 fully saturated rings. The van der Waals surface area contributed by atoms with E-state index in [1.807, 2.05) is 12.1 Å². The number of nitro benzene ring substituents is 1. The predicted molar refractivity (Wildman–Crippen MR) is 99.1 cm³/mol. The standard InChI is InChI=1S/C19H17N5O3/c25-19(22-16-7-3-5-13-4-1-2-6-15(13)16)14-8-9-17(18(10-14)24(26)27)23-12-20-11-21-23/h3,5,7-12H,1-2,4,6H2,(H,22,25). The molecule has 0 saturated heterocycles. The number of rotatable bonds is 4. The van der Waals surface area contributed by atoms with Crippen molar-refractivity contribution in [2.24, 2.45) is 0 Å². The summed E-state index contributed by atoms with van der Waals surface area (Å²) in [5, 5.41) is 18.3. The van der Waals surface area contributed by atoms with Gasteiger partial charge in [-0.3, -0.25) is 14.9 Å². The van der Waals surface area contributed by atoms with Crippen LogP contribution in [0.1, 0.15) is 34.3 Å². The normalized spacial score (nSPS) is 13.0. The van der Waals surface area contributed by atoms with Gasteiger partial charge >= 0.3 is 0 Å². The molecule has 0 unspecified atom stereocenters. The minimum Gasteiger partial charge on any atom is -0.322 e. The third-order valence-electron chi connectivity index (χ3n) is 4.74. The summed E-state index contributed by atoms with van der Waals surface area (Å²) in [6, 6.07) is 10.2. The molecule has 4 rings (SSSR count). The lowest BCUT2D eigenvalue weighted by atomic mass is 9.90. The van der Waals surface area contributed by atoms with Crippen LogP contribution < -0.4 is 5.32 Å². The Bertz CT molecular complexity index is 1010. The molecule has 3 aromatic rings. The fourth-order valence-electron chi connectivity index (χ4n) is 3.43. The highest BCUT2D eigenvalue weighted by molar-refractivity contribution is 6.05. The monoisotopic (exact) mass is 363 g/mol. The van der Waals surface area contributed by atoms with E-state index in [9.17, 15) is 14.9 Å². The smallest absolute Gasteiger partial charge is 0.295 e. The van der Waals surface area contributed by atoms with Crippen molar-refractivity contribution in [3.63, 3.8) is 0 Å². The minimum absolute atomic E-state index is 0.205. The van der Waals surface area contributed by atoms with Crippen molar-refractivity contribution < 1.29 is 9.72 Å². The van der Waals surface area contributed by atoms with E-state index < -0.39 is 4.92 Å². The quantitative estimate of drug-likeness (QED) is 0.566. The molecule has 27 heavy (non-hydrogen) atoms. The lowest BCUT2D eigenvalue weighted by Gasteiger charge is -2.19. The molecule has 1 aliphatic rings. The second-order valence-electron chi connectivity index (χ2n) is 6.41. The zero-order valence-corrected chi connectivity index (χ0v) is 14.5. The number of amides is 1. The van der Waals surface area contributed by atoms with Gasteiger partial charge in [0.25, 0.3) is 11.6 Å². The topological polar surface area (TPSA) is 103 Å². The summed E-state index contributed by atoms with van der Waals surface area (Å²) in [4.78, 5) is 27.4. The molecule has 8 heteroatoms. The fourth-order valence-corrected chi connectivity index (χ4v) is 3.43. The Labute approximate surface area is 155 Å². The second kappa shape index (κ2) is 6.99. The van der Waals surface area contributed by atoms with Crippen molar-refractivity contribution in [3.8, 4) is 5.69 Å². The van der Waals surface area contributed by atoms with Crippen LogP contribution in [0, 0.1) is 10.1 Å². The number of nitro groups is 1. The van der Waals surface area contributed by atoms with E-state index in [-0.39, 0.29) is 22.8 Å². The van der Waals surface area contributed by atoms with Gasteiger partial charge in [-0.25, -0.2) is 9.67 Å². The SMILES string of the molecule is O=C(Nc1cccc2c1CCCC2)c1ccc(-n2cncn2)c([N+](=O)[O-])c1. The number of hydrogen-bond donors (Lipinski definition) is 1. The average molecular weight is 363 g/mol. The summed E-state index contributed by atoms with van der Waals surface area (Å²) >= 11 is 0. The predicted octanol–water partition coefficient (Wildman–Crippen LogP) is 3.31. The van der Waals surface area contributed by atoms with Gasteiger partial charge in [0.15, 0.2) is 0 Å². The Morgan fingerprint density at radius 2 is 2.04 bits per heavy atom. The van der Waals surface area contributed by atoms with E-state index in [1.54, 1.807) is 6.07 Å². The molecule has 0 atom stereocenters. The van der Waals surface area contributed by atoms with Gasteiger partial charge in [0, 0.05) is 17.3 Å². The zero-order chi connectivity index (χ0) is 18.8. The number of anilines is 1. The van der Waals surface area contributed by atoms with Gasteiger partial charge in [-0.1, -0.05) is 12.1 Å². The highest BCUT2D eigenvalue weighted by Crippen LogP contribution is 2.29. The van der Waals surface area contributed by atoms with E-state index in [0.29, 0.717) is 0 Å². The summed E-state index contributed by atoms with van der Waals surface area (Å²) in [5.41, 5.74) is 3.46. The van der Waals surface area contributed by atoms with Crippen LogP contribution in [0.5, 0.6) is 0 Å². The molecule has 0 saturated carbocycles.